The minimum Gasteiger partial charge on any atom is -0.489 e. The maximum atomic E-state index is 13.0. The summed E-state index contributed by atoms with van der Waals surface area (Å²) in [6, 6.07) is 35.6. The van der Waals surface area contributed by atoms with E-state index in [0.29, 0.717) is 88.2 Å². The third-order valence-electron chi connectivity index (χ3n) is 24.7. The molecule has 13 rings (SSSR count). The van der Waals surface area contributed by atoms with Crippen LogP contribution in [-0.4, -0.2) is 188 Å². The molecule has 6 aromatic carbocycles. The topological polar surface area (TPSA) is 293 Å². The van der Waals surface area contributed by atoms with E-state index in [1.807, 2.05) is 67.5 Å². The number of anilines is 12. The number of nitrogens with one attached hydrogen (secondary N) is 6. The highest BCUT2D eigenvalue weighted by Crippen LogP contribution is 2.46. The quantitative estimate of drug-likeness (QED) is 0.0244. The van der Waals surface area contributed by atoms with E-state index in [-0.39, 0.29) is 38.0 Å². The minimum absolute atomic E-state index is 0.00570. The Labute approximate surface area is 761 Å². The Balaban J connectivity index is 0.000000185. The van der Waals surface area contributed by atoms with E-state index in [1.165, 1.54) is 130 Å². The Morgan fingerprint density at radius 3 is 0.969 bits per heavy atom. The van der Waals surface area contributed by atoms with Gasteiger partial charge >= 0.3 is 0 Å². The summed E-state index contributed by atoms with van der Waals surface area (Å²) in [5, 5.41) is 18.3. The maximum Gasteiger partial charge on any atom is 0.229 e. The number of halogens is 1. The van der Waals surface area contributed by atoms with Crippen LogP contribution in [0.3, 0.4) is 0 Å². The number of piperazine rings is 1. The lowest BCUT2D eigenvalue weighted by Crippen LogP contribution is -2.49. The molecule has 0 amide bonds. The highest BCUT2D eigenvalue weighted by molar-refractivity contribution is 7.92. The van der Waals surface area contributed by atoms with Gasteiger partial charge < -0.3 is 60.8 Å². The van der Waals surface area contributed by atoms with Crippen LogP contribution in [0.4, 0.5) is 69.4 Å². The van der Waals surface area contributed by atoms with Gasteiger partial charge in [-0.25, -0.2) is 40.2 Å². The normalized spacial score (nSPS) is 18.5. The van der Waals surface area contributed by atoms with Gasteiger partial charge in [-0.2, -0.15) is 15.0 Å². The van der Waals surface area contributed by atoms with Gasteiger partial charge in [0.15, 0.2) is 35.3 Å². The van der Waals surface area contributed by atoms with Gasteiger partial charge in [0.1, 0.15) is 33.9 Å². The number of likely N-dealkylation sites (N-methyl/N-ethyl adjacent to an activating group) is 1. The fourth-order valence-electron chi connectivity index (χ4n) is 17.3. The number of hydrogen-bond donors (Lipinski definition) is 6. The molecule has 4 heterocycles. The second-order valence-corrected chi connectivity index (χ2v) is 44.6. The molecule has 1 aliphatic heterocycles. The van der Waals surface area contributed by atoms with E-state index >= 15 is 0 Å². The Morgan fingerprint density at radius 1 is 0.370 bits per heavy atom. The fourth-order valence-corrected chi connectivity index (χ4v) is 21.0. The predicted molar refractivity (Wildman–Crippen MR) is 519 cm³/mol. The first-order chi connectivity index (χ1) is 60.1. The van der Waals surface area contributed by atoms with Crippen molar-refractivity contribution in [2.45, 2.75) is 279 Å². The average Bonchev–Trinajstić information content (AvgIpc) is 0.771. The number of benzene rings is 6. The third kappa shape index (κ3) is 25.2. The maximum absolute atomic E-state index is 13.0. The Morgan fingerprint density at radius 2 is 0.661 bits per heavy atom. The second kappa shape index (κ2) is 43.4. The molecule has 3 aliphatic carbocycles. The highest BCUT2D eigenvalue weighted by atomic mass is 35.5. The van der Waals surface area contributed by atoms with Gasteiger partial charge in [-0.15, -0.1) is 0 Å². The molecule has 29 heteroatoms. The Bertz CT molecular complexity index is 5370. The van der Waals surface area contributed by atoms with Crippen LogP contribution < -0.4 is 46.1 Å². The van der Waals surface area contributed by atoms with E-state index in [1.54, 1.807) is 115 Å². The van der Waals surface area contributed by atoms with Gasteiger partial charge in [0.05, 0.1) is 89.1 Å². The van der Waals surface area contributed by atoms with Crippen molar-refractivity contribution < 1.29 is 39.5 Å². The smallest absolute Gasteiger partial charge is 0.229 e. The molecule has 0 bridgehead atoms. The first-order valence-electron chi connectivity index (χ1n) is 45.1. The summed E-state index contributed by atoms with van der Waals surface area (Å²) in [5.41, 5.74) is 13.0. The Kier molecular flexibility index (Phi) is 33.6. The molecule has 3 aromatic heterocycles. The van der Waals surface area contributed by atoms with Gasteiger partial charge in [-0.3, -0.25) is 4.90 Å². The summed E-state index contributed by atoms with van der Waals surface area (Å²) in [6.45, 7) is 37.1. The molecule has 0 unspecified atom stereocenters. The zero-order valence-corrected chi connectivity index (χ0v) is 81.8. The van der Waals surface area contributed by atoms with Crippen molar-refractivity contribution >= 4 is 111 Å². The predicted octanol–water partition coefficient (Wildman–Crippen LogP) is 21.4. The lowest BCUT2D eigenvalue weighted by molar-refractivity contribution is 0.0878. The molecule has 0 atom stereocenters. The van der Waals surface area contributed by atoms with E-state index in [9.17, 15) is 25.3 Å². The summed E-state index contributed by atoms with van der Waals surface area (Å²) in [6.07, 6.45) is 19.2. The van der Waals surface area contributed by atoms with Gasteiger partial charge in [0, 0.05) is 67.8 Å². The average molecular weight is 1810 g/mol. The molecule has 25 nitrogen and oxygen atoms in total. The summed E-state index contributed by atoms with van der Waals surface area (Å²) in [7, 11) is 0.405. The number of sulfone groups is 3. The standard InChI is InChI=1S/C34H47ClN6O3S.2C32H45N5O3S/c1-22(2)44-31-20-27(25-11-13-26(14-12-25)41-17-15-40(6)16-18-41)24(5)19-30(31)38-34-36-21-28(35)33(39-34)37-29-9-7-8-10-32(29)45(42,43)23(3)4;2*1-20(2)40-29-18-26(24-13-15-25(16-14-24)37(7)8)22(5)17-28(29)35-32-33-19-23(6)31(36-32)34-27-11-9-10-12-30(27)41(38,39)21(3)4/h7-10,19-23,25-26H,11-18H2,1-6H3,(H2,36,37,38,39);2*9-12,17-21,24-25H,13-16H2,1-8H3,(H2,33,34,35,36). The van der Waals surface area contributed by atoms with Crippen LogP contribution in [0.5, 0.6) is 17.2 Å². The minimum atomic E-state index is -3.53. The van der Waals surface area contributed by atoms with Crippen LogP contribution >= 0.6 is 11.6 Å². The summed E-state index contributed by atoms with van der Waals surface area (Å²) in [5.74, 6) is 6.34. The van der Waals surface area contributed by atoms with Crippen molar-refractivity contribution in [3.63, 3.8) is 0 Å². The van der Waals surface area contributed by atoms with Gasteiger partial charge in [-0.1, -0.05) is 48.0 Å². The van der Waals surface area contributed by atoms with Crippen molar-refractivity contribution in [2.24, 2.45) is 0 Å². The lowest BCUT2D eigenvalue weighted by atomic mass is 9.79. The van der Waals surface area contributed by atoms with E-state index in [2.05, 4.69) is 164 Å². The van der Waals surface area contributed by atoms with E-state index < -0.39 is 45.3 Å². The second-order valence-electron chi connectivity index (χ2n) is 36.8. The number of rotatable bonds is 30. The fraction of sp³-hybridized carbons (Fsp3) is 0.510. The van der Waals surface area contributed by atoms with Crippen LogP contribution in [0.1, 0.15) is 222 Å². The summed E-state index contributed by atoms with van der Waals surface area (Å²) >= 11 is 6.48. The number of aromatic nitrogens is 6. The number of para-hydroxylation sites is 3. The zero-order chi connectivity index (χ0) is 92.1. The first-order valence-corrected chi connectivity index (χ1v) is 50.2. The van der Waals surface area contributed by atoms with Crippen molar-refractivity contribution in [1.82, 2.24) is 49.5 Å². The summed E-state index contributed by atoms with van der Waals surface area (Å²) < 4.78 is 96.8. The molecule has 4 aliphatic rings. The molecule has 3 saturated carbocycles. The SMILES string of the molecule is Cc1cc(Nc2ncc(C)c(Nc3ccccc3S(=O)(=O)C(C)C)n2)c(OC(C)C)cc1C1CCC(N(C)C)CC1.Cc1cc(Nc2ncc(C)c(Nc3ccccc3S(=O)(=O)C(C)C)n2)c(OC(C)C)cc1C1CCC(N(C)C)CC1.Cc1cc(Nc2ncc(Cl)c(Nc3ccccc3S(=O)(=O)C(C)C)n2)c(OC(C)C)cc1C1CCC(N2CCN(C)CC2)CC1. The largest absolute Gasteiger partial charge is 0.489 e. The molecule has 9 aromatic rings. The molecule has 4 fully saturated rings. The molecular weight excluding hydrogens is 1680 g/mol. The molecular formula is C98H137ClN16O9S3. The Hall–Kier alpha value is -9.26. The number of nitrogens with zero attached hydrogens (tertiary/aromatic N) is 10. The molecule has 127 heavy (non-hydrogen) atoms. The molecule has 688 valence electrons. The van der Waals surface area contributed by atoms with E-state index in [0.717, 1.165) is 58.5 Å². The van der Waals surface area contributed by atoms with Crippen molar-refractivity contribution in [2.75, 3.05) is 93.3 Å². The van der Waals surface area contributed by atoms with Crippen molar-refractivity contribution in [3.05, 3.63) is 177 Å². The number of aryl methyl sites for hydroxylation is 5. The van der Waals surface area contributed by atoms with Crippen molar-refractivity contribution in [1.29, 1.82) is 0 Å². The molecule has 6 N–H and O–H groups in total. The van der Waals surface area contributed by atoms with Crippen LogP contribution in [0.25, 0.3) is 0 Å². The lowest BCUT2D eigenvalue weighted by Gasteiger charge is -2.41. The first kappa shape index (κ1) is 98.3. The number of ether oxygens (including phenoxy) is 3. The van der Waals surface area contributed by atoms with Crippen molar-refractivity contribution in [3.8, 4) is 17.2 Å². The third-order valence-corrected chi connectivity index (χ3v) is 31.7. The molecule has 1 saturated heterocycles. The van der Waals surface area contributed by atoms with Gasteiger partial charge in [0.25, 0.3) is 0 Å². The van der Waals surface area contributed by atoms with E-state index in [4.69, 9.17) is 35.8 Å². The van der Waals surface area contributed by atoms with Crippen LogP contribution in [0.15, 0.2) is 142 Å². The zero-order valence-electron chi connectivity index (χ0n) is 78.6. The van der Waals surface area contributed by atoms with Crippen LogP contribution in [0, 0.1) is 34.6 Å². The summed E-state index contributed by atoms with van der Waals surface area (Å²) in [4.78, 5) is 38.0. The van der Waals surface area contributed by atoms with Gasteiger partial charge in [-0.05, 0) is 354 Å². The monoisotopic (exact) mass is 1810 g/mol. The molecule has 0 radical (unpaired) electrons. The van der Waals surface area contributed by atoms with Crippen LogP contribution in [-0.2, 0) is 29.5 Å². The highest BCUT2D eigenvalue weighted by Gasteiger charge is 2.34. The number of hydrogen-bond acceptors (Lipinski definition) is 25. The van der Waals surface area contributed by atoms with Crippen LogP contribution in [0.2, 0.25) is 5.02 Å². The van der Waals surface area contributed by atoms with Gasteiger partial charge in [0.2, 0.25) is 17.8 Å². The molecule has 0 spiro atoms.